The fourth-order valence-electron chi connectivity index (χ4n) is 0.398. The molecule has 4 N–H and O–H groups in total. The van der Waals surface area contributed by atoms with Gasteiger partial charge in [-0.05, 0) is 0 Å². The summed E-state index contributed by atoms with van der Waals surface area (Å²) in [5, 5.41) is 31.8. The van der Waals surface area contributed by atoms with Crippen molar-refractivity contribution in [3.05, 3.63) is 0 Å². The second-order valence-electron chi connectivity index (χ2n) is 3.07. The lowest BCUT2D eigenvalue weighted by molar-refractivity contribution is -0.143. The summed E-state index contributed by atoms with van der Waals surface area (Å²) in [5.74, 6) is -2.41. The summed E-state index contributed by atoms with van der Waals surface area (Å²) in [7, 11) is 0. The Morgan fingerprint density at radius 3 is 1.39 bits per heavy atom. The Bertz CT molecular complexity index is 214. The first-order valence-corrected chi connectivity index (χ1v) is 4.91. The molecular weight excluding hydrogens is 248 g/mol. The van der Waals surface area contributed by atoms with E-state index in [9.17, 15) is 4.79 Å². The molecule has 0 fully saturated rings. The van der Waals surface area contributed by atoms with Gasteiger partial charge in [-0.1, -0.05) is 0 Å². The Hall–Kier alpha value is -1.67. The molecule has 0 atom stereocenters. The van der Waals surface area contributed by atoms with Gasteiger partial charge < -0.3 is 25.2 Å². The SMILES string of the molecule is CC(=O)O.CC(=O)O.CC(=O)OCC(CO)CO. The molecule has 108 valence electrons. The third kappa shape index (κ3) is 47.4. The molecule has 0 radical (unpaired) electrons. The van der Waals surface area contributed by atoms with Crippen LogP contribution in [0.5, 0.6) is 0 Å². The van der Waals surface area contributed by atoms with Gasteiger partial charge in [0.05, 0.1) is 19.8 Å². The first kappa shape index (κ1) is 21.6. The predicted molar refractivity (Wildman–Crippen MR) is 60.9 cm³/mol. The average molecular weight is 268 g/mol. The molecule has 0 aromatic carbocycles. The number of esters is 1. The number of hydrogen-bond acceptors (Lipinski definition) is 6. The van der Waals surface area contributed by atoms with E-state index in [1.54, 1.807) is 0 Å². The Morgan fingerprint density at radius 2 is 1.22 bits per heavy atom. The van der Waals surface area contributed by atoms with Crippen molar-refractivity contribution in [2.24, 2.45) is 5.92 Å². The number of hydrogen-bond donors (Lipinski definition) is 4. The van der Waals surface area contributed by atoms with E-state index in [0.717, 1.165) is 13.8 Å². The number of aliphatic hydroxyl groups excluding tert-OH is 2. The topological polar surface area (TPSA) is 141 Å². The summed E-state index contributed by atoms with van der Waals surface area (Å²) in [6.07, 6.45) is 0. The van der Waals surface area contributed by atoms with E-state index in [1.807, 2.05) is 0 Å². The fourth-order valence-corrected chi connectivity index (χ4v) is 0.398. The van der Waals surface area contributed by atoms with Crippen LogP contribution in [0.3, 0.4) is 0 Å². The van der Waals surface area contributed by atoms with Gasteiger partial charge in [0.25, 0.3) is 11.9 Å². The Morgan fingerprint density at radius 1 is 0.944 bits per heavy atom. The molecule has 8 heteroatoms. The molecule has 0 aliphatic rings. The molecule has 0 bridgehead atoms. The van der Waals surface area contributed by atoms with Gasteiger partial charge in [0.1, 0.15) is 0 Å². The number of carboxylic acid groups (broad SMARTS) is 2. The van der Waals surface area contributed by atoms with Gasteiger partial charge in [0.2, 0.25) is 0 Å². The van der Waals surface area contributed by atoms with E-state index in [2.05, 4.69) is 4.74 Å². The standard InChI is InChI=1S/C6H12O4.2C2H4O2/c1-5(9)10-4-6(2-7)3-8;2*1-2(3)4/h6-8H,2-4H2,1H3;2*1H3,(H,3,4). The maximum Gasteiger partial charge on any atom is 0.302 e. The summed E-state index contributed by atoms with van der Waals surface area (Å²) >= 11 is 0. The van der Waals surface area contributed by atoms with Crippen LogP contribution in [0.25, 0.3) is 0 Å². The van der Waals surface area contributed by atoms with Crippen LogP contribution in [-0.4, -0.2) is 58.2 Å². The van der Waals surface area contributed by atoms with Crippen LogP contribution in [0.2, 0.25) is 0 Å². The number of carbonyl (C=O) groups is 3. The molecule has 0 amide bonds. The zero-order valence-electron chi connectivity index (χ0n) is 10.6. The lowest BCUT2D eigenvalue weighted by Gasteiger charge is -2.09. The van der Waals surface area contributed by atoms with Crippen molar-refractivity contribution in [2.45, 2.75) is 20.8 Å². The van der Waals surface area contributed by atoms with Gasteiger partial charge in [0, 0.05) is 26.7 Å². The largest absolute Gasteiger partial charge is 0.481 e. The molecule has 0 aromatic heterocycles. The number of rotatable bonds is 4. The van der Waals surface area contributed by atoms with Crippen LogP contribution >= 0.6 is 0 Å². The highest BCUT2D eigenvalue weighted by molar-refractivity contribution is 5.65. The molecule has 0 heterocycles. The molecule has 18 heavy (non-hydrogen) atoms. The zero-order valence-corrected chi connectivity index (χ0v) is 10.6. The van der Waals surface area contributed by atoms with Gasteiger partial charge >= 0.3 is 5.97 Å². The maximum absolute atomic E-state index is 10.2. The molecule has 0 saturated carbocycles. The monoisotopic (exact) mass is 268 g/mol. The van der Waals surface area contributed by atoms with Crippen molar-refractivity contribution in [3.63, 3.8) is 0 Å². The molecule has 0 aliphatic carbocycles. The minimum atomic E-state index is -0.833. The number of aliphatic hydroxyl groups is 2. The number of carbonyl (C=O) groups excluding carboxylic acids is 1. The van der Waals surface area contributed by atoms with E-state index >= 15 is 0 Å². The highest BCUT2D eigenvalue weighted by atomic mass is 16.5. The molecule has 0 spiro atoms. The zero-order chi connectivity index (χ0) is 15.1. The van der Waals surface area contributed by atoms with Crippen LogP contribution in [0.1, 0.15) is 20.8 Å². The van der Waals surface area contributed by atoms with E-state index in [-0.39, 0.29) is 25.7 Å². The third-order valence-electron chi connectivity index (χ3n) is 1.04. The first-order valence-electron chi connectivity index (χ1n) is 4.91. The lowest BCUT2D eigenvalue weighted by atomic mass is 10.2. The quantitative estimate of drug-likeness (QED) is 0.492. The highest BCUT2D eigenvalue weighted by Gasteiger charge is 2.06. The van der Waals surface area contributed by atoms with E-state index in [1.165, 1.54) is 6.92 Å². The first-order chi connectivity index (χ1) is 8.17. The Balaban J connectivity index is -0.000000233. The predicted octanol–water partition coefficient (Wildman–Crippen LogP) is -0.668. The van der Waals surface area contributed by atoms with Crippen LogP contribution in [0, 0.1) is 5.92 Å². The molecule has 0 aromatic rings. The minimum Gasteiger partial charge on any atom is -0.481 e. The maximum atomic E-state index is 10.2. The molecule has 0 unspecified atom stereocenters. The molecular formula is C10H20O8. The second kappa shape index (κ2) is 15.3. The van der Waals surface area contributed by atoms with Gasteiger partial charge in [-0.2, -0.15) is 0 Å². The van der Waals surface area contributed by atoms with E-state index in [4.69, 9.17) is 30.0 Å². The van der Waals surface area contributed by atoms with Gasteiger partial charge in [-0.3, -0.25) is 14.4 Å². The average Bonchev–Trinajstić information content (AvgIpc) is 2.17. The number of carboxylic acids is 2. The van der Waals surface area contributed by atoms with Gasteiger partial charge in [-0.25, -0.2) is 0 Å². The summed E-state index contributed by atoms with van der Waals surface area (Å²) < 4.78 is 4.53. The highest BCUT2D eigenvalue weighted by Crippen LogP contribution is 1.93. The van der Waals surface area contributed by atoms with Gasteiger partial charge in [-0.15, -0.1) is 0 Å². The van der Waals surface area contributed by atoms with Crippen molar-refractivity contribution in [1.82, 2.24) is 0 Å². The summed E-state index contributed by atoms with van der Waals surface area (Å²) in [6, 6.07) is 0. The van der Waals surface area contributed by atoms with E-state index < -0.39 is 17.9 Å². The lowest BCUT2D eigenvalue weighted by Crippen LogP contribution is -2.19. The van der Waals surface area contributed by atoms with Crippen LogP contribution < -0.4 is 0 Å². The second-order valence-corrected chi connectivity index (χ2v) is 3.07. The number of aliphatic carboxylic acids is 2. The van der Waals surface area contributed by atoms with E-state index in [0.29, 0.717) is 0 Å². The van der Waals surface area contributed by atoms with Crippen molar-refractivity contribution in [2.75, 3.05) is 19.8 Å². The molecule has 0 rings (SSSR count). The summed E-state index contributed by atoms with van der Waals surface area (Å²) in [5.41, 5.74) is 0. The smallest absolute Gasteiger partial charge is 0.302 e. The van der Waals surface area contributed by atoms with Crippen molar-refractivity contribution in [3.8, 4) is 0 Å². The minimum absolute atomic E-state index is 0.0856. The molecule has 0 saturated heterocycles. The Labute approximate surface area is 105 Å². The Kier molecular flexibility index (Phi) is 18.4. The molecule has 0 aliphatic heterocycles. The van der Waals surface area contributed by atoms with Crippen molar-refractivity contribution in [1.29, 1.82) is 0 Å². The van der Waals surface area contributed by atoms with Crippen LogP contribution in [-0.2, 0) is 19.1 Å². The third-order valence-corrected chi connectivity index (χ3v) is 1.04. The van der Waals surface area contributed by atoms with Crippen molar-refractivity contribution >= 4 is 17.9 Å². The van der Waals surface area contributed by atoms with Gasteiger partial charge in [0.15, 0.2) is 0 Å². The summed E-state index contributed by atoms with van der Waals surface area (Å²) in [4.78, 5) is 28.2. The molecule has 8 nitrogen and oxygen atoms in total. The van der Waals surface area contributed by atoms with Crippen molar-refractivity contribution < 1.29 is 39.5 Å². The summed E-state index contributed by atoms with van der Waals surface area (Å²) in [6.45, 7) is 3.21. The number of ether oxygens (including phenoxy) is 1. The van der Waals surface area contributed by atoms with Crippen LogP contribution in [0.4, 0.5) is 0 Å². The van der Waals surface area contributed by atoms with Crippen LogP contribution in [0.15, 0.2) is 0 Å². The fraction of sp³-hybridized carbons (Fsp3) is 0.700. The normalized spacial score (nSPS) is 8.33.